The van der Waals surface area contributed by atoms with Gasteiger partial charge >= 0.3 is 6.00 Å². The molecule has 0 bridgehead atoms. The standard InChI is InChI=1S/C22H21Cl3S4Si/c1-2-3-4-5-6-15-7-8-16(26-15)17-9-10-18(27-17)19-11-12-20(28-19)21-13-14-22(29-21)30(23,24)25/h7-14H,2-6H2,1H3. The van der Waals surface area contributed by atoms with Crippen LogP contribution in [0.4, 0.5) is 0 Å². The van der Waals surface area contributed by atoms with Crippen molar-refractivity contribution < 1.29 is 0 Å². The molecule has 8 heteroatoms. The molecule has 0 spiro atoms. The Labute approximate surface area is 209 Å². The first-order valence-electron chi connectivity index (χ1n) is 9.90. The summed E-state index contributed by atoms with van der Waals surface area (Å²) in [5, 5.41) is 0. The van der Waals surface area contributed by atoms with Gasteiger partial charge in [0.15, 0.2) is 0 Å². The molecule has 4 rings (SSSR count). The number of hydrogen-bond acceptors (Lipinski definition) is 4. The summed E-state index contributed by atoms with van der Waals surface area (Å²) < 4.78 is 0.888. The van der Waals surface area contributed by atoms with Gasteiger partial charge in [0.25, 0.3) is 0 Å². The van der Waals surface area contributed by atoms with Gasteiger partial charge in [-0.1, -0.05) is 26.2 Å². The Balaban J connectivity index is 1.46. The van der Waals surface area contributed by atoms with Crippen LogP contribution in [-0.2, 0) is 6.42 Å². The summed E-state index contributed by atoms with van der Waals surface area (Å²) in [6.07, 6.45) is 6.47. The molecule has 4 heterocycles. The van der Waals surface area contributed by atoms with Crippen molar-refractivity contribution in [2.24, 2.45) is 0 Å². The molecule has 4 aromatic heterocycles. The quantitative estimate of drug-likeness (QED) is 0.111. The second-order valence-electron chi connectivity index (χ2n) is 7.07. The van der Waals surface area contributed by atoms with E-state index in [1.165, 1.54) is 66.2 Å². The molecular formula is C22H21Cl3S4Si. The summed E-state index contributed by atoms with van der Waals surface area (Å²) in [6, 6.07) is 14.7. The Hall–Kier alpha value is -0.113. The van der Waals surface area contributed by atoms with Gasteiger partial charge in [-0.05, 0) is 61.4 Å². The molecule has 0 saturated carbocycles. The molecule has 0 radical (unpaired) electrons. The largest absolute Gasteiger partial charge is 0.383 e. The number of rotatable bonds is 9. The minimum absolute atomic E-state index is 0.888. The normalized spacial score (nSPS) is 12.0. The highest BCUT2D eigenvalue weighted by Crippen LogP contribution is 2.42. The SMILES string of the molecule is CCCCCCc1ccc(-c2ccc(-c3ccc(-c4ccc([Si](Cl)(Cl)Cl)s4)s3)s2)s1. The number of hydrogen-bond donors (Lipinski definition) is 0. The van der Waals surface area contributed by atoms with Crippen LogP contribution in [0.3, 0.4) is 0 Å². The van der Waals surface area contributed by atoms with Crippen LogP contribution < -0.4 is 4.50 Å². The van der Waals surface area contributed by atoms with Crippen molar-refractivity contribution in [3.05, 3.63) is 53.4 Å². The molecule has 0 N–H and O–H groups in total. The minimum atomic E-state index is -2.80. The van der Waals surface area contributed by atoms with Crippen molar-refractivity contribution in [2.45, 2.75) is 39.0 Å². The van der Waals surface area contributed by atoms with E-state index in [1.807, 2.05) is 28.7 Å². The third-order valence-corrected chi connectivity index (χ3v) is 14.4. The average Bonchev–Trinajstić information content (AvgIpc) is 3.49. The van der Waals surface area contributed by atoms with Crippen LogP contribution >= 0.6 is 78.6 Å². The summed E-state index contributed by atoms with van der Waals surface area (Å²) in [7, 11) is 0. The Kier molecular flexibility index (Phi) is 7.85. The second-order valence-corrected chi connectivity index (χ2v) is 20.2. The lowest BCUT2D eigenvalue weighted by atomic mass is 10.1. The van der Waals surface area contributed by atoms with E-state index >= 15 is 0 Å². The first kappa shape index (κ1) is 23.1. The molecule has 0 aliphatic carbocycles. The molecule has 0 atom stereocenters. The van der Waals surface area contributed by atoms with Crippen LogP contribution in [0.25, 0.3) is 29.3 Å². The van der Waals surface area contributed by atoms with Crippen LogP contribution in [0, 0.1) is 0 Å². The van der Waals surface area contributed by atoms with E-state index in [2.05, 4.69) is 49.4 Å². The number of aryl methyl sites for hydroxylation is 1. The maximum atomic E-state index is 6.15. The van der Waals surface area contributed by atoms with E-state index in [9.17, 15) is 0 Å². The van der Waals surface area contributed by atoms with E-state index in [-0.39, 0.29) is 0 Å². The lowest BCUT2D eigenvalue weighted by molar-refractivity contribution is 0.670. The van der Waals surface area contributed by atoms with Crippen LogP contribution in [0.15, 0.2) is 48.5 Å². The van der Waals surface area contributed by atoms with Gasteiger partial charge in [-0.3, -0.25) is 0 Å². The van der Waals surface area contributed by atoms with Crippen molar-refractivity contribution in [3.63, 3.8) is 0 Å². The predicted octanol–water partition coefficient (Wildman–Crippen LogP) is 9.92. The molecule has 158 valence electrons. The predicted molar refractivity (Wildman–Crippen MR) is 145 cm³/mol. The van der Waals surface area contributed by atoms with Gasteiger partial charge in [-0.25, -0.2) is 0 Å². The fraction of sp³-hybridized carbons (Fsp3) is 0.273. The maximum absolute atomic E-state index is 6.15. The Morgan fingerprint density at radius 1 is 0.600 bits per heavy atom. The van der Waals surface area contributed by atoms with Crippen molar-refractivity contribution in [2.75, 3.05) is 0 Å². The highest BCUT2D eigenvalue weighted by Gasteiger charge is 2.30. The number of halogens is 3. The zero-order valence-corrected chi connectivity index (χ0v) is 23.0. The monoisotopic (exact) mass is 546 g/mol. The smallest absolute Gasteiger partial charge is 0.140 e. The van der Waals surface area contributed by atoms with Gasteiger partial charge in [0, 0.05) is 38.6 Å². The lowest BCUT2D eigenvalue weighted by Crippen LogP contribution is -2.26. The van der Waals surface area contributed by atoms with Crippen molar-refractivity contribution in [1.29, 1.82) is 0 Å². The second kappa shape index (κ2) is 10.2. The Bertz CT molecular complexity index is 1100. The van der Waals surface area contributed by atoms with Crippen LogP contribution in [0.1, 0.15) is 37.5 Å². The zero-order valence-electron chi connectivity index (χ0n) is 16.4. The first-order chi connectivity index (χ1) is 14.4. The molecule has 4 aromatic rings. The highest BCUT2D eigenvalue weighted by molar-refractivity contribution is 7.73. The van der Waals surface area contributed by atoms with Crippen LogP contribution in [0.2, 0.25) is 0 Å². The van der Waals surface area contributed by atoms with Gasteiger partial charge in [0.1, 0.15) is 0 Å². The fourth-order valence-electron chi connectivity index (χ4n) is 3.20. The number of unbranched alkanes of at least 4 members (excludes halogenated alkanes) is 3. The molecule has 0 aromatic carbocycles. The van der Waals surface area contributed by atoms with Gasteiger partial charge in [-0.2, -0.15) is 0 Å². The van der Waals surface area contributed by atoms with E-state index in [4.69, 9.17) is 33.2 Å². The van der Waals surface area contributed by atoms with Gasteiger partial charge < -0.3 is 0 Å². The lowest BCUT2D eigenvalue weighted by Gasteiger charge is -2.02. The summed E-state index contributed by atoms with van der Waals surface area (Å²) in [6.45, 7) is 2.26. The third-order valence-electron chi connectivity index (χ3n) is 4.76. The molecule has 0 fully saturated rings. The van der Waals surface area contributed by atoms with Crippen LogP contribution in [-0.4, -0.2) is 6.00 Å². The van der Waals surface area contributed by atoms with Crippen molar-refractivity contribution in [3.8, 4) is 29.3 Å². The average molecular weight is 548 g/mol. The Morgan fingerprint density at radius 2 is 1.10 bits per heavy atom. The van der Waals surface area contributed by atoms with E-state index in [0.29, 0.717) is 0 Å². The topological polar surface area (TPSA) is 0 Å². The molecule has 30 heavy (non-hydrogen) atoms. The summed E-state index contributed by atoms with van der Waals surface area (Å²) >= 11 is 25.7. The fourth-order valence-corrected chi connectivity index (χ4v) is 9.96. The molecule has 0 saturated heterocycles. The van der Waals surface area contributed by atoms with E-state index < -0.39 is 6.00 Å². The van der Waals surface area contributed by atoms with Crippen molar-refractivity contribution >= 4 is 89.1 Å². The van der Waals surface area contributed by atoms with Crippen LogP contribution in [0.5, 0.6) is 0 Å². The molecule has 0 aliphatic heterocycles. The highest BCUT2D eigenvalue weighted by atomic mass is 35.8. The zero-order chi connectivity index (χ0) is 21.1. The van der Waals surface area contributed by atoms with E-state index in [0.717, 1.165) is 4.50 Å². The minimum Gasteiger partial charge on any atom is -0.140 e. The molecule has 0 amide bonds. The summed E-state index contributed by atoms with van der Waals surface area (Å²) in [4.78, 5) is 9.23. The molecule has 0 nitrogen and oxygen atoms in total. The molecule has 0 unspecified atom stereocenters. The maximum Gasteiger partial charge on any atom is 0.383 e. The third kappa shape index (κ3) is 5.62. The van der Waals surface area contributed by atoms with Gasteiger partial charge in [0.2, 0.25) is 0 Å². The summed E-state index contributed by atoms with van der Waals surface area (Å²) in [5.74, 6) is 0. The molecular weight excluding hydrogens is 527 g/mol. The molecule has 0 aliphatic rings. The number of thiophene rings is 4. The van der Waals surface area contributed by atoms with Gasteiger partial charge in [-0.15, -0.1) is 78.6 Å². The Morgan fingerprint density at radius 3 is 1.63 bits per heavy atom. The first-order valence-corrected chi connectivity index (χ1v) is 18.2. The van der Waals surface area contributed by atoms with E-state index in [1.54, 1.807) is 22.7 Å². The van der Waals surface area contributed by atoms with Gasteiger partial charge in [0.05, 0.1) is 0 Å². The van der Waals surface area contributed by atoms with Crippen molar-refractivity contribution in [1.82, 2.24) is 0 Å². The summed E-state index contributed by atoms with van der Waals surface area (Å²) in [5.41, 5.74) is 0.